The van der Waals surface area contributed by atoms with Gasteiger partial charge in [-0.3, -0.25) is 0 Å². The second-order valence-corrected chi connectivity index (χ2v) is 4.63. The van der Waals surface area contributed by atoms with Crippen molar-refractivity contribution in [1.29, 1.82) is 0 Å². The Labute approximate surface area is 90.3 Å². The number of rotatable bonds is 2. The second kappa shape index (κ2) is 4.65. The molecule has 1 heterocycles. The molecule has 0 aliphatic heterocycles. The first-order valence-electron chi connectivity index (χ1n) is 5.85. The van der Waals surface area contributed by atoms with Crippen LogP contribution in [-0.4, -0.2) is 0 Å². The third kappa shape index (κ3) is 2.95. The molecule has 82 valence electrons. The van der Waals surface area contributed by atoms with E-state index in [1.165, 1.54) is 32.1 Å². The Kier molecular flexibility index (Phi) is 3.24. The van der Waals surface area contributed by atoms with Gasteiger partial charge in [-0.25, -0.2) is 4.79 Å². The number of hydrogen-bond donors (Lipinski definition) is 0. The fraction of sp³-hybridized carbons (Fsp3) is 0.615. The normalized spacial score (nSPS) is 17.9. The number of aryl methyl sites for hydroxylation is 1. The molecule has 0 amide bonds. The summed E-state index contributed by atoms with van der Waals surface area (Å²) in [4.78, 5) is 11.2. The van der Waals surface area contributed by atoms with E-state index in [0.717, 1.165) is 23.7 Å². The van der Waals surface area contributed by atoms with Gasteiger partial charge in [0.2, 0.25) is 0 Å². The molecule has 1 aliphatic carbocycles. The van der Waals surface area contributed by atoms with Crippen LogP contribution >= 0.6 is 0 Å². The molecule has 1 saturated carbocycles. The van der Waals surface area contributed by atoms with E-state index < -0.39 is 0 Å². The van der Waals surface area contributed by atoms with Crippen LogP contribution in [0.15, 0.2) is 21.3 Å². The van der Waals surface area contributed by atoms with Gasteiger partial charge in [0.1, 0.15) is 5.76 Å². The first-order valence-corrected chi connectivity index (χ1v) is 5.85. The molecule has 0 N–H and O–H groups in total. The molecule has 2 rings (SSSR count). The Bertz CT molecular complexity index is 372. The molecule has 15 heavy (non-hydrogen) atoms. The molecule has 1 aliphatic rings. The van der Waals surface area contributed by atoms with E-state index in [-0.39, 0.29) is 5.63 Å². The average Bonchev–Trinajstić information content (AvgIpc) is 2.17. The summed E-state index contributed by atoms with van der Waals surface area (Å²) in [6, 6.07) is 3.54. The van der Waals surface area contributed by atoms with Crippen LogP contribution in [0.25, 0.3) is 0 Å². The minimum atomic E-state index is -0.208. The first kappa shape index (κ1) is 10.5. The minimum Gasteiger partial charge on any atom is -0.428 e. The van der Waals surface area contributed by atoms with Gasteiger partial charge in [-0.05, 0) is 24.5 Å². The van der Waals surface area contributed by atoms with E-state index in [4.69, 9.17) is 4.42 Å². The molecule has 0 spiro atoms. The summed E-state index contributed by atoms with van der Waals surface area (Å²) in [5.74, 6) is 1.59. The predicted octanol–water partition coefficient (Wildman–Crippen LogP) is 3.07. The lowest BCUT2D eigenvalue weighted by Gasteiger charge is -2.20. The van der Waals surface area contributed by atoms with Crippen molar-refractivity contribution in [3.05, 3.63) is 33.9 Å². The van der Waals surface area contributed by atoms with Crippen LogP contribution in [0.5, 0.6) is 0 Å². The molecular formula is C13H18O2. The van der Waals surface area contributed by atoms with Gasteiger partial charge < -0.3 is 4.42 Å². The van der Waals surface area contributed by atoms with Crippen molar-refractivity contribution in [2.75, 3.05) is 0 Å². The van der Waals surface area contributed by atoms with Crippen LogP contribution in [0, 0.1) is 12.8 Å². The maximum absolute atomic E-state index is 11.2. The third-order valence-corrected chi connectivity index (χ3v) is 3.18. The van der Waals surface area contributed by atoms with Crippen molar-refractivity contribution in [2.24, 2.45) is 5.92 Å². The molecule has 2 nitrogen and oxygen atoms in total. The summed E-state index contributed by atoms with van der Waals surface area (Å²) < 4.78 is 5.21. The van der Waals surface area contributed by atoms with Gasteiger partial charge in [0.25, 0.3) is 0 Å². The summed E-state index contributed by atoms with van der Waals surface area (Å²) in [6.07, 6.45) is 7.56. The summed E-state index contributed by atoms with van der Waals surface area (Å²) in [6.45, 7) is 1.95. The summed E-state index contributed by atoms with van der Waals surface area (Å²) in [7, 11) is 0. The van der Waals surface area contributed by atoms with Crippen LogP contribution in [0.2, 0.25) is 0 Å². The highest BCUT2D eigenvalue weighted by Crippen LogP contribution is 2.26. The Hall–Kier alpha value is -1.05. The van der Waals surface area contributed by atoms with Gasteiger partial charge >= 0.3 is 5.63 Å². The van der Waals surface area contributed by atoms with E-state index >= 15 is 0 Å². The first-order chi connectivity index (χ1) is 7.24. The quantitative estimate of drug-likeness (QED) is 0.744. The monoisotopic (exact) mass is 206 g/mol. The van der Waals surface area contributed by atoms with Gasteiger partial charge in [-0.15, -0.1) is 0 Å². The average molecular weight is 206 g/mol. The van der Waals surface area contributed by atoms with E-state index in [1.807, 2.05) is 13.0 Å². The topological polar surface area (TPSA) is 30.2 Å². The summed E-state index contributed by atoms with van der Waals surface area (Å²) in [5.41, 5.74) is 0.804. The lowest BCUT2D eigenvalue weighted by Crippen LogP contribution is -2.11. The SMILES string of the molecule is Cc1cc(CC2CCCCC2)oc(=O)c1. The van der Waals surface area contributed by atoms with Crippen molar-refractivity contribution in [2.45, 2.75) is 45.4 Å². The van der Waals surface area contributed by atoms with Crippen molar-refractivity contribution in [3.8, 4) is 0 Å². The molecule has 0 aromatic carbocycles. The molecule has 0 unspecified atom stereocenters. The van der Waals surface area contributed by atoms with Crippen LogP contribution in [0.4, 0.5) is 0 Å². The van der Waals surface area contributed by atoms with Crippen molar-refractivity contribution in [3.63, 3.8) is 0 Å². The summed E-state index contributed by atoms with van der Waals surface area (Å²) in [5, 5.41) is 0. The third-order valence-electron chi connectivity index (χ3n) is 3.18. The Morgan fingerprint density at radius 1 is 1.27 bits per heavy atom. The standard InChI is InChI=1S/C13H18O2/c1-10-7-12(15-13(14)8-10)9-11-5-3-2-4-6-11/h7-8,11H,2-6,9H2,1H3. The molecule has 1 aromatic heterocycles. The van der Waals surface area contributed by atoms with Crippen LogP contribution < -0.4 is 5.63 Å². The minimum absolute atomic E-state index is 0.208. The molecule has 0 saturated heterocycles. The molecule has 0 atom stereocenters. The van der Waals surface area contributed by atoms with Crippen LogP contribution in [-0.2, 0) is 6.42 Å². The van der Waals surface area contributed by atoms with E-state index in [1.54, 1.807) is 6.07 Å². The molecule has 0 radical (unpaired) electrons. The van der Waals surface area contributed by atoms with Gasteiger partial charge in [0.05, 0.1) is 0 Å². The van der Waals surface area contributed by atoms with Crippen molar-refractivity contribution >= 4 is 0 Å². The van der Waals surface area contributed by atoms with Crippen LogP contribution in [0.3, 0.4) is 0 Å². The van der Waals surface area contributed by atoms with Gasteiger partial charge in [0, 0.05) is 12.5 Å². The molecular weight excluding hydrogens is 188 g/mol. The molecule has 1 fully saturated rings. The van der Waals surface area contributed by atoms with E-state index in [2.05, 4.69) is 0 Å². The largest absolute Gasteiger partial charge is 0.428 e. The smallest absolute Gasteiger partial charge is 0.336 e. The highest BCUT2D eigenvalue weighted by molar-refractivity contribution is 5.12. The predicted molar refractivity (Wildman–Crippen MR) is 60.0 cm³/mol. The fourth-order valence-corrected chi connectivity index (χ4v) is 2.45. The zero-order chi connectivity index (χ0) is 10.7. The summed E-state index contributed by atoms with van der Waals surface area (Å²) >= 11 is 0. The van der Waals surface area contributed by atoms with E-state index in [9.17, 15) is 4.79 Å². The highest BCUT2D eigenvalue weighted by Gasteiger charge is 2.15. The second-order valence-electron chi connectivity index (χ2n) is 4.63. The lowest BCUT2D eigenvalue weighted by atomic mass is 9.86. The Balaban J connectivity index is 2.06. The van der Waals surface area contributed by atoms with Gasteiger partial charge in [0.15, 0.2) is 0 Å². The number of hydrogen-bond acceptors (Lipinski definition) is 2. The maximum Gasteiger partial charge on any atom is 0.336 e. The zero-order valence-corrected chi connectivity index (χ0v) is 9.29. The Morgan fingerprint density at radius 3 is 2.67 bits per heavy atom. The lowest BCUT2D eigenvalue weighted by molar-refractivity contribution is 0.326. The van der Waals surface area contributed by atoms with Crippen molar-refractivity contribution < 1.29 is 4.42 Å². The van der Waals surface area contributed by atoms with Gasteiger partial charge in [-0.2, -0.15) is 0 Å². The molecule has 0 bridgehead atoms. The zero-order valence-electron chi connectivity index (χ0n) is 9.29. The fourth-order valence-electron chi connectivity index (χ4n) is 2.45. The Morgan fingerprint density at radius 2 is 2.00 bits per heavy atom. The van der Waals surface area contributed by atoms with Crippen molar-refractivity contribution in [1.82, 2.24) is 0 Å². The van der Waals surface area contributed by atoms with E-state index in [0.29, 0.717) is 0 Å². The maximum atomic E-state index is 11.2. The molecule has 1 aromatic rings. The van der Waals surface area contributed by atoms with Crippen LogP contribution in [0.1, 0.15) is 43.4 Å². The molecule has 2 heteroatoms. The van der Waals surface area contributed by atoms with Gasteiger partial charge in [-0.1, -0.05) is 32.1 Å². The highest BCUT2D eigenvalue weighted by atomic mass is 16.4.